The van der Waals surface area contributed by atoms with Crippen molar-refractivity contribution >= 4 is 33.6 Å². The molecule has 672 valence electrons. The summed E-state index contributed by atoms with van der Waals surface area (Å²) in [5.74, 6) is -1.59. The van der Waals surface area contributed by atoms with Crippen LogP contribution in [0.5, 0.6) is 0 Å². The molecule has 0 radical (unpaired) electrons. The smallest absolute Gasteiger partial charge is 0.463 e. The number of ether oxygens (including phenoxy) is 3. The Morgan fingerprint density at radius 2 is 0.453 bits per heavy atom. The van der Waals surface area contributed by atoms with Gasteiger partial charge in [0.2, 0.25) is 0 Å². The van der Waals surface area contributed by atoms with Gasteiger partial charge in [-0.2, -0.15) is 0 Å². The fraction of sp³-hybridized carbons (Fsp3) is 0.707. The van der Waals surface area contributed by atoms with Crippen molar-refractivity contribution in [1.82, 2.24) is 0 Å². The lowest BCUT2D eigenvalue weighted by molar-refractivity contribution is -0.161. The van der Waals surface area contributed by atoms with Crippen molar-refractivity contribution < 1.29 is 75.8 Å². The summed E-state index contributed by atoms with van der Waals surface area (Å²) in [6.45, 7) is 2.54. The first-order valence-electron chi connectivity index (χ1n) is 46.8. The highest BCUT2D eigenvalue weighted by molar-refractivity contribution is 7.47. The van der Waals surface area contributed by atoms with E-state index in [1.165, 1.54) is 167 Å². The first kappa shape index (κ1) is 112. The number of phosphoric acid groups is 2. The maximum atomic E-state index is 13.1. The Kier molecular flexibility index (Phi) is 86.7. The highest BCUT2D eigenvalue weighted by atomic mass is 31.2. The largest absolute Gasteiger partial charge is 0.472 e. The minimum Gasteiger partial charge on any atom is -0.463 e. The lowest BCUT2D eigenvalue weighted by atomic mass is 10.0. The average Bonchev–Trinajstić information content (AvgIpc) is 0.899. The number of esters is 3. The van der Waals surface area contributed by atoms with E-state index in [9.17, 15) is 43.5 Å². The second kappa shape index (κ2) is 90.4. The third kappa shape index (κ3) is 91.7. The minimum absolute atomic E-state index is 0.0858. The van der Waals surface area contributed by atoms with Gasteiger partial charge in [-0.15, -0.1) is 0 Å². The van der Waals surface area contributed by atoms with Crippen LogP contribution in [0.4, 0.5) is 0 Å². The summed E-state index contributed by atoms with van der Waals surface area (Å²) in [7, 11) is -9.81. The quantitative estimate of drug-likeness (QED) is 0.0146. The topological polar surface area (TPSA) is 231 Å². The predicted molar refractivity (Wildman–Crippen MR) is 491 cm³/mol. The van der Waals surface area contributed by atoms with Crippen molar-refractivity contribution in [2.45, 2.75) is 411 Å². The Morgan fingerprint density at radius 1 is 0.248 bits per heavy atom. The zero-order valence-electron chi connectivity index (χ0n) is 74.1. The molecule has 0 aliphatic rings. The summed E-state index contributed by atoms with van der Waals surface area (Å²) < 4.78 is 61.5. The van der Waals surface area contributed by atoms with E-state index in [4.69, 9.17) is 32.3 Å². The number of phosphoric ester groups is 2. The minimum atomic E-state index is -4.95. The number of carbonyl (C=O) groups excluding carboxylic acids is 3. The van der Waals surface area contributed by atoms with Gasteiger partial charge in [0.15, 0.2) is 6.10 Å². The number of aliphatic hydroxyl groups excluding tert-OH is 2. The lowest BCUT2D eigenvalue weighted by Gasteiger charge is -2.21. The zero-order chi connectivity index (χ0) is 85.1. The zero-order valence-corrected chi connectivity index (χ0v) is 75.9. The highest BCUT2D eigenvalue weighted by Gasteiger charge is 2.29. The molecule has 0 aromatic rings. The summed E-state index contributed by atoms with van der Waals surface area (Å²) in [5, 5.41) is 20.7. The molecule has 0 rings (SSSR count). The second-order valence-corrected chi connectivity index (χ2v) is 34.0. The van der Waals surface area contributed by atoms with Gasteiger partial charge >= 0.3 is 33.6 Å². The predicted octanol–water partition coefficient (Wildman–Crippen LogP) is 28.9. The van der Waals surface area contributed by atoms with E-state index in [-0.39, 0.29) is 19.3 Å². The van der Waals surface area contributed by atoms with Crippen LogP contribution in [0.1, 0.15) is 393 Å². The van der Waals surface area contributed by atoms with E-state index in [0.717, 1.165) is 167 Å². The molecule has 0 aliphatic heterocycles. The van der Waals surface area contributed by atoms with E-state index in [1.807, 2.05) is 0 Å². The van der Waals surface area contributed by atoms with Crippen molar-refractivity contribution in [1.29, 1.82) is 0 Å². The van der Waals surface area contributed by atoms with Gasteiger partial charge in [0.1, 0.15) is 25.4 Å². The van der Waals surface area contributed by atoms with Crippen molar-refractivity contribution in [3.63, 3.8) is 0 Å². The van der Waals surface area contributed by atoms with Crippen molar-refractivity contribution in [3.05, 3.63) is 158 Å². The van der Waals surface area contributed by atoms with E-state index >= 15 is 0 Å². The van der Waals surface area contributed by atoms with Crippen LogP contribution in [0.2, 0.25) is 0 Å². The molecule has 18 heteroatoms. The molecule has 0 amide bonds. The number of allylic oxidation sites excluding steroid dienone is 26. The Hall–Kier alpha value is -4.83. The van der Waals surface area contributed by atoms with E-state index < -0.39 is 91.5 Å². The van der Waals surface area contributed by atoms with Crippen LogP contribution >= 0.6 is 15.6 Å². The molecule has 5 atom stereocenters. The first-order valence-corrected chi connectivity index (χ1v) is 49.8. The molecule has 0 heterocycles. The van der Waals surface area contributed by atoms with Crippen LogP contribution in [0.25, 0.3) is 0 Å². The molecule has 0 saturated carbocycles. The monoisotopic (exact) mass is 1680 g/mol. The molecular weight excluding hydrogens is 1510 g/mol. The molecule has 4 N–H and O–H groups in total. The normalized spacial score (nSPS) is 14.5. The lowest BCUT2D eigenvalue weighted by Crippen LogP contribution is -2.30. The maximum absolute atomic E-state index is 13.1. The summed E-state index contributed by atoms with van der Waals surface area (Å²) >= 11 is 0. The van der Waals surface area contributed by atoms with Crippen molar-refractivity contribution in [2.24, 2.45) is 0 Å². The standard InChI is InChI=1S/C99H170O16P2/c1-4-7-10-13-16-19-22-25-28-31-34-36-38-40-42-44-45-46-47-49-51-52-54-56-59-61-64-67-70-73-76-79-82-85-97(102)109-88-94(100)89-111-116(105,106)112-90-95(101)91-113-117(107,108)114-93-96(115-99(104)87-84-81-78-75-72-69-66-63-58-33-30-27-24-21-18-15-12-9-6-3)92-110-98(103)86-83-80-77-74-71-68-65-62-60-57-55-53-50-48-43-41-39-37-35-32-29-26-23-20-17-14-11-8-5-2/h8,11,16-21,25-30,34-37,40-43,50,53,58,63,94-96,100-101H,4-7,9-10,12-15,22-24,31-33,38-39,44-49,51-52,54-57,59-62,64-93H2,1-3H3,(H,105,106)(H,107,108)/b11-8-,19-16-,20-17-,21-18-,28-25-,29-26-,30-27-,36-34-,37-35-,42-40-,43-41-,53-50-,63-58-. The molecule has 0 aromatic heterocycles. The SMILES string of the molecule is CC/C=C\C/C=C\C/C=C\C/C=C\C/C=C\C/C=C\CCCCCCCCCCCCC(=O)OCC(COP(=O)(O)OCC(O)COP(=O)(O)OCC(O)COC(=O)CCCCCCCCCCCCCCCCCCC/C=C\C/C=C\C/C=C\C/C=C\CCCCC)OC(=O)CCCCCCCC/C=C\C/C=C\C/C=C\CCCCC. The fourth-order valence-electron chi connectivity index (χ4n) is 12.6. The van der Waals surface area contributed by atoms with E-state index in [0.29, 0.717) is 19.3 Å². The Labute approximate surface area is 714 Å². The number of hydrogen-bond acceptors (Lipinski definition) is 14. The number of aliphatic hydroxyl groups is 2. The Balaban J connectivity index is 4.55. The number of hydrogen-bond donors (Lipinski definition) is 4. The van der Waals surface area contributed by atoms with Crippen molar-refractivity contribution in [3.8, 4) is 0 Å². The van der Waals surface area contributed by atoms with Crippen LogP contribution in [0.3, 0.4) is 0 Å². The molecule has 0 fully saturated rings. The van der Waals surface area contributed by atoms with Gasteiger partial charge in [-0.05, 0) is 154 Å². The second-order valence-electron chi connectivity index (χ2n) is 31.1. The number of carbonyl (C=O) groups is 3. The van der Waals surface area contributed by atoms with Gasteiger partial charge in [-0.1, -0.05) is 378 Å². The Bertz CT molecular complexity index is 2760. The molecule has 0 spiro atoms. The third-order valence-electron chi connectivity index (χ3n) is 19.7. The number of rotatable bonds is 88. The number of unbranched alkanes of at least 4 members (excludes halogenated alkanes) is 39. The summed E-state index contributed by atoms with van der Waals surface area (Å²) in [4.78, 5) is 59.0. The molecule has 0 bridgehead atoms. The molecular formula is C99H170O16P2. The first-order chi connectivity index (χ1) is 57.2. The molecule has 0 aromatic carbocycles. The summed E-state index contributed by atoms with van der Waals surface area (Å²) in [6, 6.07) is 0. The van der Waals surface area contributed by atoms with Crippen LogP contribution in [0, 0.1) is 0 Å². The van der Waals surface area contributed by atoms with Crippen molar-refractivity contribution in [2.75, 3.05) is 39.6 Å². The fourth-order valence-corrected chi connectivity index (χ4v) is 14.2. The molecule has 0 saturated heterocycles. The van der Waals surface area contributed by atoms with Gasteiger partial charge in [0, 0.05) is 19.3 Å². The van der Waals surface area contributed by atoms with Gasteiger partial charge in [-0.3, -0.25) is 32.5 Å². The van der Waals surface area contributed by atoms with E-state index in [2.05, 4.69) is 179 Å². The molecule has 117 heavy (non-hydrogen) atoms. The van der Waals surface area contributed by atoms with Gasteiger partial charge in [-0.25, -0.2) is 9.13 Å². The molecule has 0 aliphatic carbocycles. The Morgan fingerprint density at radius 3 is 0.718 bits per heavy atom. The summed E-state index contributed by atoms with van der Waals surface area (Å²) in [6.07, 6.45) is 116. The van der Waals surface area contributed by atoms with Gasteiger partial charge in [0.05, 0.1) is 26.4 Å². The maximum Gasteiger partial charge on any atom is 0.472 e. The molecule has 16 nitrogen and oxygen atoms in total. The highest BCUT2D eigenvalue weighted by Crippen LogP contribution is 2.45. The third-order valence-corrected chi connectivity index (χ3v) is 21.6. The van der Waals surface area contributed by atoms with Gasteiger partial charge < -0.3 is 34.2 Å². The molecule has 5 unspecified atom stereocenters. The van der Waals surface area contributed by atoms with Crippen LogP contribution < -0.4 is 0 Å². The van der Waals surface area contributed by atoms with Crippen LogP contribution in [-0.2, 0) is 55.8 Å². The van der Waals surface area contributed by atoms with Crippen LogP contribution in [0.15, 0.2) is 158 Å². The summed E-state index contributed by atoms with van der Waals surface area (Å²) in [5.41, 5.74) is 0. The van der Waals surface area contributed by atoms with Crippen LogP contribution in [-0.4, -0.2) is 95.9 Å². The van der Waals surface area contributed by atoms with E-state index in [1.54, 1.807) is 0 Å². The average molecular weight is 1680 g/mol. The van der Waals surface area contributed by atoms with Gasteiger partial charge in [0.25, 0.3) is 0 Å².